The monoisotopic (exact) mass is 386 g/mol. The number of carbonyl (C=O) groups is 3. The first kappa shape index (κ1) is 21.1. The minimum atomic E-state index is -0.587. The van der Waals surface area contributed by atoms with Gasteiger partial charge in [-0.25, -0.2) is 4.39 Å². The second-order valence-electron chi connectivity index (χ2n) is 6.26. The van der Waals surface area contributed by atoms with Crippen LogP contribution in [0.2, 0.25) is 0 Å². The van der Waals surface area contributed by atoms with Crippen LogP contribution in [-0.4, -0.2) is 30.9 Å². The van der Waals surface area contributed by atoms with E-state index in [1.54, 1.807) is 24.3 Å². The minimum Gasteiger partial charge on any atom is -0.456 e. The maximum Gasteiger partial charge on any atom is 0.308 e. The van der Waals surface area contributed by atoms with Crippen LogP contribution in [-0.2, 0) is 25.5 Å². The van der Waals surface area contributed by atoms with E-state index in [1.165, 1.54) is 19.1 Å². The Morgan fingerprint density at radius 2 is 1.71 bits per heavy atom. The summed E-state index contributed by atoms with van der Waals surface area (Å²) in [6, 6.07) is 14.5. The molecule has 1 atom stereocenters. The third-order valence-electron chi connectivity index (χ3n) is 3.96. The Hall–Kier alpha value is -3.22. The molecule has 2 aromatic carbocycles. The molecule has 148 valence electrons. The summed E-state index contributed by atoms with van der Waals surface area (Å²) >= 11 is 0. The number of nitrogens with one attached hydrogen (secondary N) is 2. The Bertz CT molecular complexity index is 794. The van der Waals surface area contributed by atoms with Gasteiger partial charge in [0.25, 0.3) is 5.91 Å². The highest BCUT2D eigenvalue weighted by Crippen LogP contribution is 2.17. The summed E-state index contributed by atoms with van der Waals surface area (Å²) < 4.78 is 17.8. The average Bonchev–Trinajstić information content (AvgIpc) is 2.68. The van der Waals surface area contributed by atoms with Gasteiger partial charge in [0.2, 0.25) is 5.91 Å². The van der Waals surface area contributed by atoms with E-state index in [0.717, 1.165) is 11.1 Å². The first-order valence-electron chi connectivity index (χ1n) is 8.93. The van der Waals surface area contributed by atoms with Crippen molar-refractivity contribution in [2.75, 3.05) is 13.2 Å². The van der Waals surface area contributed by atoms with Crippen LogP contribution in [0.15, 0.2) is 54.6 Å². The average molecular weight is 386 g/mol. The van der Waals surface area contributed by atoms with Gasteiger partial charge in [-0.1, -0.05) is 42.5 Å². The van der Waals surface area contributed by atoms with Gasteiger partial charge in [-0.05, 0) is 29.7 Å². The predicted octanol–water partition coefficient (Wildman–Crippen LogP) is 2.30. The maximum absolute atomic E-state index is 12.8. The van der Waals surface area contributed by atoms with E-state index in [0.29, 0.717) is 13.0 Å². The zero-order valence-corrected chi connectivity index (χ0v) is 15.6. The van der Waals surface area contributed by atoms with Crippen molar-refractivity contribution >= 4 is 17.8 Å². The molecule has 0 unspecified atom stereocenters. The largest absolute Gasteiger partial charge is 0.456 e. The smallest absolute Gasteiger partial charge is 0.308 e. The van der Waals surface area contributed by atoms with E-state index in [9.17, 15) is 18.8 Å². The Balaban J connectivity index is 1.74. The molecule has 0 spiro atoms. The summed E-state index contributed by atoms with van der Waals surface area (Å²) in [6.07, 6.45) is 0.463. The Kier molecular flexibility index (Phi) is 8.14. The van der Waals surface area contributed by atoms with Crippen LogP contribution in [0.1, 0.15) is 30.5 Å². The van der Waals surface area contributed by atoms with Crippen LogP contribution in [0.5, 0.6) is 0 Å². The molecule has 0 aromatic heterocycles. The van der Waals surface area contributed by atoms with E-state index in [2.05, 4.69) is 10.6 Å². The molecule has 7 heteroatoms. The molecular formula is C21H23FN2O4. The van der Waals surface area contributed by atoms with Crippen molar-refractivity contribution in [2.45, 2.75) is 25.8 Å². The zero-order chi connectivity index (χ0) is 20.4. The van der Waals surface area contributed by atoms with Gasteiger partial charge in [0.15, 0.2) is 6.61 Å². The van der Waals surface area contributed by atoms with Gasteiger partial charge >= 0.3 is 5.97 Å². The molecule has 0 heterocycles. The van der Waals surface area contributed by atoms with E-state index in [4.69, 9.17) is 4.74 Å². The summed E-state index contributed by atoms with van der Waals surface area (Å²) in [6.45, 7) is 1.32. The van der Waals surface area contributed by atoms with Gasteiger partial charge in [-0.2, -0.15) is 0 Å². The standard InChI is InChI=1S/C21H23FN2O4/c1-15(25)24-19(17-5-3-2-4-6-17)13-21(27)28-14-20(26)23-12-11-16-7-9-18(22)10-8-16/h2-10,19H,11-14H2,1H3,(H,23,26)(H,24,25)/t19-/m1/s1. The number of rotatable bonds is 9. The van der Waals surface area contributed by atoms with Gasteiger partial charge < -0.3 is 15.4 Å². The summed E-state index contributed by atoms with van der Waals surface area (Å²) in [5.41, 5.74) is 1.66. The Labute approximate surface area is 163 Å². The third-order valence-corrected chi connectivity index (χ3v) is 3.96. The molecule has 6 nitrogen and oxygen atoms in total. The highest BCUT2D eigenvalue weighted by atomic mass is 19.1. The van der Waals surface area contributed by atoms with Crippen LogP contribution in [0.25, 0.3) is 0 Å². The van der Waals surface area contributed by atoms with E-state index in [-0.39, 0.29) is 18.1 Å². The Morgan fingerprint density at radius 1 is 1.04 bits per heavy atom. The van der Waals surface area contributed by atoms with E-state index in [1.807, 2.05) is 18.2 Å². The number of benzene rings is 2. The quantitative estimate of drug-likeness (QED) is 0.648. The van der Waals surface area contributed by atoms with E-state index < -0.39 is 24.5 Å². The fraction of sp³-hybridized carbons (Fsp3) is 0.286. The lowest BCUT2D eigenvalue weighted by atomic mass is 10.0. The van der Waals surface area contributed by atoms with Crippen molar-refractivity contribution in [1.82, 2.24) is 10.6 Å². The third kappa shape index (κ3) is 7.57. The number of hydrogen-bond donors (Lipinski definition) is 2. The van der Waals surface area contributed by atoms with Crippen LogP contribution < -0.4 is 10.6 Å². The molecule has 0 bridgehead atoms. The molecule has 0 aliphatic heterocycles. The highest BCUT2D eigenvalue weighted by molar-refractivity contribution is 5.81. The van der Waals surface area contributed by atoms with Gasteiger partial charge in [-0.15, -0.1) is 0 Å². The summed E-state index contributed by atoms with van der Waals surface area (Å²) in [7, 11) is 0. The summed E-state index contributed by atoms with van der Waals surface area (Å²) in [5, 5.41) is 5.34. The summed E-state index contributed by atoms with van der Waals surface area (Å²) in [5.74, 6) is -1.59. The fourth-order valence-corrected chi connectivity index (χ4v) is 2.60. The fourth-order valence-electron chi connectivity index (χ4n) is 2.60. The topological polar surface area (TPSA) is 84.5 Å². The van der Waals surface area contributed by atoms with Crippen molar-refractivity contribution < 1.29 is 23.5 Å². The normalized spacial score (nSPS) is 11.4. The SMILES string of the molecule is CC(=O)N[C@H](CC(=O)OCC(=O)NCCc1ccc(F)cc1)c1ccccc1. The molecule has 2 N–H and O–H groups in total. The van der Waals surface area contributed by atoms with Crippen molar-refractivity contribution in [1.29, 1.82) is 0 Å². The first-order chi connectivity index (χ1) is 13.4. The van der Waals surface area contributed by atoms with Crippen molar-refractivity contribution in [3.8, 4) is 0 Å². The van der Waals surface area contributed by atoms with Crippen LogP contribution in [0.4, 0.5) is 4.39 Å². The molecule has 0 aliphatic carbocycles. The van der Waals surface area contributed by atoms with Gasteiger partial charge in [0.1, 0.15) is 5.82 Å². The highest BCUT2D eigenvalue weighted by Gasteiger charge is 2.18. The van der Waals surface area contributed by atoms with E-state index >= 15 is 0 Å². The molecule has 0 fully saturated rings. The van der Waals surface area contributed by atoms with Crippen LogP contribution in [0, 0.1) is 5.82 Å². The van der Waals surface area contributed by atoms with Crippen molar-refractivity contribution in [2.24, 2.45) is 0 Å². The van der Waals surface area contributed by atoms with Crippen LogP contribution in [0.3, 0.4) is 0 Å². The van der Waals surface area contributed by atoms with Crippen LogP contribution >= 0.6 is 0 Å². The lowest BCUT2D eigenvalue weighted by molar-refractivity contribution is -0.149. The number of ether oxygens (including phenoxy) is 1. The van der Waals surface area contributed by atoms with Gasteiger partial charge in [0.05, 0.1) is 12.5 Å². The molecule has 2 aromatic rings. The molecule has 0 saturated heterocycles. The predicted molar refractivity (Wildman–Crippen MR) is 102 cm³/mol. The number of hydrogen-bond acceptors (Lipinski definition) is 4. The molecule has 2 amide bonds. The molecular weight excluding hydrogens is 363 g/mol. The lowest BCUT2D eigenvalue weighted by Gasteiger charge is -2.17. The van der Waals surface area contributed by atoms with Crippen molar-refractivity contribution in [3.05, 3.63) is 71.5 Å². The zero-order valence-electron chi connectivity index (χ0n) is 15.6. The lowest BCUT2D eigenvalue weighted by Crippen LogP contribution is -2.32. The maximum atomic E-state index is 12.8. The molecule has 28 heavy (non-hydrogen) atoms. The van der Waals surface area contributed by atoms with Crippen molar-refractivity contribution in [3.63, 3.8) is 0 Å². The number of esters is 1. The number of halogens is 1. The molecule has 2 rings (SSSR count). The molecule has 0 radical (unpaired) electrons. The van der Waals surface area contributed by atoms with Gasteiger partial charge in [-0.3, -0.25) is 14.4 Å². The Morgan fingerprint density at radius 3 is 2.36 bits per heavy atom. The second kappa shape index (κ2) is 10.8. The number of amides is 2. The first-order valence-corrected chi connectivity index (χ1v) is 8.93. The minimum absolute atomic E-state index is 0.0769. The van der Waals surface area contributed by atoms with Gasteiger partial charge in [0, 0.05) is 13.5 Å². The molecule has 0 aliphatic rings. The number of carbonyl (C=O) groups excluding carboxylic acids is 3. The summed E-state index contributed by atoms with van der Waals surface area (Å²) in [4.78, 5) is 35.2. The second-order valence-corrected chi connectivity index (χ2v) is 6.26. The molecule has 0 saturated carbocycles.